The van der Waals surface area contributed by atoms with Crippen LogP contribution < -0.4 is 5.73 Å². The number of H-pyrrole nitrogens is 1. The van der Waals surface area contributed by atoms with Crippen molar-refractivity contribution in [1.29, 1.82) is 0 Å². The van der Waals surface area contributed by atoms with Crippen molar-refractivity contribution in [3.63, 3.8) is 0 Å². The zero-order valence-electron chi connectivity index (χ0n) is 10.3. The molecule has 0 unspecified atom stereocenters. The third-order valence-corrected chi connectivity index (χ3v) is 3.15. The van der Waals surface area contributed by atoms with Crippen molar-refractivity contribution in [2.75, 3.05) is 0 Å². The second-order valence-electron chi connectivity index (χ2n) is 4.39. The maximum Gasteiger partial charge on any atom is 0.0457 e. The Kier molecular flexibility index (Phi) is 5.52. The molecule has 0 aliphatic carbocycles. The molecule has 1 aromatic carbocycles. The summed E-state index contributed by atoms with van der Waals surface area (Å²) in [6, 6.07) is 8.61. The Morgan fingerprint density at radius 1 is 1.24 bits per heavy atom. The Labute approximate surface area is 109 Å². The average molecular weight is 253 g/mol. The summed E-state index contributed by atoms with van der Waals surface area (Å²) >= 11 is 0. The lowest BCUT2D eigenvalue weighted by molar-refractivity contribution is 0.584. The van der Waals surface area contributed by atoms with Gasteiger partial charge in [0.2, 0.25) is 0 Å². The summed E-state index contributed by atoms with van der Waals surface area (Å²) in [5, 5.41) is 1.27. The summed E-state index contributed by atoms with van der Waals surface area (Å²) < 4.78 is 0. The SMILES string of the molecule is CCCCC[C@@H](N)c1cccc2[nH]ccc12.Cl. The summed E-state index contributed by atoms with van der Waals surface area (Å²) in [5.41, 5.74) is 8.70. The zero-order valence-corrected chi connectivity index (χ0v) is 11.1. The van der Waals surface area contributed by atoms with E-state index in [1.54, 1.807) is 0 Å². The number of aromatic nitrogens is 1. The number of unbranched alkanes of at least 4 members (excludes halogenated alkanes) is 2. The van der Waals surface area contributed by atoms with E-state index in [9.17, 15) is 0 Å². The Morgan fingerprint density at radius 2 is 2.06 bits per heavy atom. The molecular formula is C14H21ClN2. The second-order valence-corrected chi connectivity index (χ2v) is 4.39. The van der Waals surface area contributed by atoms with Crippen LogP contribution in [0.4, 0.5) is 0 Å². The second kappa shape index (κ2) is 6.67. The third kappa shape index (κ3) is 3.24. The van der Waals surface area contributed by atoms with Gasteiger partial charge in [-0.05, 0) is 24.1 Å². The van der Waals surface area contributed by atoms with Crippen LogP contribution in [0.3, 0.4) is 0 Å². The van der Waals surface area contributed by atoms with Gasteiger partial charge in [-0.25, -0.2) is 0 Å². The first-order valence-corrected chi connectivity index (χ1v) is 6.14. The van der Waals surface area contributed by atoms with Crippen molar-refractivity contribution in [3.05, 3.63) is 36.0 Å². The van der Waals surface area contributed by atoms with Crippen LogP contribution in [-0.2, 0) is 0 Å². The molecule has 0 spiro atoms. The van der Waals surface area contributed by atoms with Gasteiger partial charge in [0.15, 0.2) is 0 Å². The number of nitrogens with two attached hydrogens (primary N) is 1. The number of hydrogen-bond acceptors (Lipinski definition) is 1. The van der Waals surface area contributed by atoms with Crippen LogP contribution in [0.2, 0.25) is 0 Å². The summed E-state index contributed by atoms with van der Waals surface area (Å²) in [6.45, 7) is 2.22. The average Bonchev–Trinajstić information content (AvgIpc) is 2.76. The fourth-order valence-electron chi connectivity index (χ4n) is 2.20. The summed E-state index contributed by atoms with van der Waals surface area (Å²) in [4.78, 5) is 3.23. The molecule has 2 aromatic rings. The van der Waals surface area contributed by atoms with Gasteiger partial charge in [-0.15, -0.1) is 12.4 Å². The fourth-order valence-corrected chi connectivity index (χ4v) is 2.20. The van der Waals surface area contributed by atoms with E-state index < -0.39 is 0 Å². The van der Waals surface area contributed by atoms with Gasteiger partial charge in [0, 0.05) is 23.1 Å². The van der Waals surface area contributed by atoms with Gasteiger partial charge >= 0.3 is 0 Å². The number of fused-ring (bicyclic) bond motifs is 1. The van der Waals surface area contributed by atoms with Gasteiger partial charge in [0.25, 0.3) is 0 Å². The Bertz CT molecular complexity index is 450. The smallest absolute Gasteiger partial charge is 0.0457 e. The maximum absolute atomic E-state index is 6.25. The number of benzene rings is 1. The molecule has 17 heavy (non-hydrogen) atoms. The van der Waals surface area contributed by atoms with Crippen LogP contribution in [0.25, 0.3) is 10.9 Å². The van der Waals surface area contributed by atoms with Gasteiger partial charge < -0.3 is 10.7 Å². The molecule has 0 saturated heterocycles. The Hall–Kier alpha value is -0.990. The van der Waals surface area contributed by atoms with E-state index >= 15 is 0 Å². The molecule has 1 atom stereocenters. The van der Waals surface area contributed by atoms with Crippen molar-refractivity contribution in [3.8, 4) is 0 Å². The molecule has 0 bridgehead atoms. The van der Waals surface area contributed by atoms with Crippen LogP contribution in [0, 0.1) is 0 Å². The number of hydrogen-bond donors (Lipinski definition) is 2. The van der Waals surface area contributed by atoms with E-state index in [0.717, 1.165) is 6.42 Å². The zero-order chi connectivity index (χ0) is 11.4. The van der Waals surface area contributed by atoms with E-state index in [1.807, 2.05) is 6.20 Å². The van der Waals surface area contributed by atoms with Gasteiger partial charge in [0.05, 0.1) is 0 Å². The number of halogens is 1. The van der Waals surface area contributed by atoms with Crippen molar-refractivity contribution in [1.82, 2.24) is 4.98 Å². The molecule has 1 aromatic heterocycles. The number of rotatable bonds is 5. The molecule has 1 heterocycles. The third-order valence-electron chi connectivity index (χ3n) is 3.15. The van der Waals surface area contributed by atoms with Gasteiger partial charge in [0.1, 0.15) is 0 Å². The molecule has 0 aliphatic heterocycles. The topological polar surface area (TPSA) is 41.8 Å². The monoisotopic (exact) mass is 252 g/mol. The Morgan fingerprint density at radius 3 is 2.82 bits per heavy atom. The van der Waals surface area contributed by atoms with E-state index in [-0.39, 0.29) is 18.4 Å². The maximum atomic E-state index is 6.25. The molecule has 0 aliphatic rings. The first kappa shape index (κ1) is 14.1. The minimum atomic E-state index is 0. The van der Waals surface area contributed by atoms with Crippen molar-refractivity contribution in [2.24, 2.45) is 5.73 Å². The van der Waals surface area contributed by atoms with Crippen LogP contribution in [0.15, 0.2) is 30.5 Å². The van der Waals surface area contributed by atoms with Gasteiger partial charge in [-0.2, -0.15) is 0 Å². The number of aromatic amines is 1. The first-order valence-electron chi connectivity index (χ1n) is 6.14. The van der Waals surface area contributed by atoms with Crippen molar-refractivity contribution < 1.29 is 0 Å². The van der Waals surface area contributed by atoms with E-state index in [2.05, 4.69) is 36.2 Å². The standard InChI is InChI=1S/C14H20N2.ClH/c1-2-3-4-7-13(15)11-6-5-8-14-12(11)9-10-16-14;/h5-6,8-10,13,16H,2-4,7,15H2,1H3;1H/t13-;/m1./s1. The summed E-state index contributed by atoms with van der Waals surface area (Å²) in [5.74, 6) is 0. The highest BCUT2D eigenvalue weighted by Crippen LogP contribution is 2.25. The van der Waals surface area contributed by atoms with Crippen molar-refractivity contribution >= 4 is 23.3 Å². The largest absolute Gasteiger partial charge is 0.361 e. The number of nitrogens with one attached hydrogen (secondary N) is 1. The minimum absolute atomic E-state index is 0. The lowest BCUT2D eigenvalue weighted by Crippen LogP contribution is -2.10. The predicted molar refractivity (Wildman–Crippen MR) is 76.6 cm³/mol. The molecule has 0 fully saturated rings. The molecule has 0 radical (unpaired) electrons. The molecule has 3 heteroatoms. The molecule has 0 amide bonds. The minimum Gasteiger partial charge on any atom is -0.361 e. The molecule has 94 valence electrons. The quantitative estimate of drug-likeness (QED) is 0.771. The first-order chi connectivity index (χ1) is 7.83. The van der Waals surface area contributed by atoms with E-state index in [1.165, 1.54) is 35.7 Å². The molecule has 2 nitrogen and oxygen atoms in total. The van der Waals surface area contributed by atoms with Crippen molar-refractivity contribution in [2.45, 2.75) is 38.6 Å². The predicted octanol–water partition coefficient (Wildman–Crippen LogP) is 4.17. The van der Waals surface area contributed by atoms with Crippen LogP contribution >= 0.6 is 12.4 Å². The van der Waals surface area contributed by atoms with E-state index in [4.69, 9.17) is 5.73 Å². The van der Waals surface area contributed by atoms with Crippen LogP contribution in [-0.4, -0.2) is 4.98 Å². The normalized spacial score (nSPS) is 12.4. The lowest BCUT2D eigenvalue weighted by atomic mass is 9.98. The van der Waals surface area contributed by atoms with Gasteiger partial charge in [-0.3, -0.25) is 0 Å². The summed E-state index contributed by atoms with van der Waals surface area (Å²) in [7, 11) is 0. The molecule has 2 rings (SSSR count). The van der Waals surface area contributed by atoms with Crippen LogP contribution in [0.5, 0.6) is 0 Å². The highest BCUT2D eigenvalue weighted by Gasteiger charge is 2.09. The molecule has 3 N–H and O–H groups in total. The highest BCUT2D eigenvalue weighted by atomic mass is 35.5. The Balaban J connectivity index is 0.00000144. The van der Waals surface area contributed by atoms with E-state index in [0.29, 0.717) is 0 Å². The summed E-state index contributed by atoms with van der Waals surface area (Å²) in [6.07, 6.45) is 6.81. The molecular weight excluding hydrogens is 232 g/mol. The highest BCUT2D eigenvalue weighted by molar-refractivity contribution is 5.85. The molecule has 0 saturated carbocycles. The van der Waals surface area contributed by atoms with Gasteiger partial charge in [-0.1, -0.05) is 38.3 Å². The van der Waals surface area contributed by atoms with Crippen LogP contribution in [0.1, 0.15) is 44.2 Å². The lowest BCUT2D eigenvalue weighted by Gasteiger charge is -2.12. The fraction of sp³-hybridized carbons (Fsp3) is 0.429.